The van der Waals surface area contributed by atoms with E-state index >= 15 is 0 Å². The van der Waals surface area contributed by atoms with Gasteiger partial charge in [0.15, 0.2) is 0 Å². The lowest BCUT2D eigenvalue weighted by Gasteiger charge is -2.24. The summed E-state index contributed by atoms with van der Waals surface area (Å²) in [6.45, 7) is 8.07. The van der Waals surface area contributed by atoms with Gasteiger partial charge in [-0.05, 0) is 66.5 Å². The van der Waals surface area contributed by atoms with Crippen LogP contribution in [0.25, 0.3) is 0 Å². The summed E-state index contributed by atoms with van der Waals surface area (Å²) in [6, 6.07) is 0. The molecule has 5 heteroatoms. The molecule has 0 rings (SSSR count). The largest absolute Gasteiger partial charge is 0.368 e. The quantitative estimate of drug-likeness (QED) is 0.589. The van der Waals surface area contributed by atoms with Gasteiger partial charge in [-0.1, -0.05) is 6.92 Å². The maximum absolute atomic E-state index is 11.1. The zero-order valence-corrected chi connectivity index (χ0v) is 12.4. The maximum Gasteiger partial charge on any atom is 0.237 e. The Morgan fingerprint density at radius 2 is 1.72 bits per heavy atom. The van der Waals surface area contributed by atoms with Crippen LogP contribution in [0.2, 0.25) is 0 Å². The Balaban J connectivity index is 3.83. The van der Waals surface area contributed by atoms with Crippen LogP contribution in [0.5, 0.6) is 0 Å². The lowest BCUT2D eigenvalue weighted by atomic mass is 9.96. The second kappa shape index (κ2) is 8.45. The van der Waals surface area contributed by atoms with E-state index in [0.29, 0.717) is 6.42 Å². The topological polar surface area (TPSA) is 75.6 Å². The molecular formula is C13H30N4O. The van der Waals surface area contributed by atoms with Crippen LogP contribution >= 0.6 is 0 Å². The molecule has 0 aliphatic heterocycles. The molecule has 0 saturated carbocycles. The second-order valence-electron chi connectivity index (χ2n) is 5.48. The fraction of sp³-hybridized carbons (Fsp3) is 0.923. The molecule has 18 heavy (non-hydrogen) atoms. The Bertz CT molecular complexity index is 241. The van der Waals surface area contributed by atoms with Crippen LogP contribution in [0.3, 0.4) is 0 Å². The molecule has 0 aromatic rings. The van der Waals surface area contributed by atoms with Crippen molar-refractivity contribution in [1.82, 2.24) is 9.80 Å². The van der Waals surface area contributed by atoms with E-state index < -0.39 is 11.4 Å². The number of hydrogen-bond acceptors (Lipinski definition) is 4. The van der Waals surface area contributed by atoms with Crippen LogP contribution in [0.15, 0.2) is 0 Å². The fourth-order valence-electron chi connectivity index (χ4n) is 1.83. The minimum atomic E-state index is -0.872. The highest BCUT2D eigenvalue weighted by Crippen LogP contribution is 2.09. The molecule has 0 saturated heterocycles. The fourth-order valence-corrected chi connectivity index (χ4v) is 1.83. The molecule has 4 N–H and O–H groups in total. The number of primary amides is 1. The molecule has 0 heterocycles. The first-order valence-corrected chi connectivity index (χ1v) is 6.75. The van der Waals surface area contributed by atoms with Gasteiger partial charge >= 0.3 is 0 Å². The van der Waals surface area contributed by atoms with E-state index in [0.717, 1.165) is 39.0 Å². The third-order valence-corrected chi connectivity index (χ3v) is 3.26. The van der Waals surface area contributed by atoms with Gasteiger partial charge < -0.3 is 21.3 Å². The van der Waals surface area contributed by atoms with E-state index in [-0.39, 0.29) is 0 Å². The van der Waals surface area contributed by atoms with Crippen LogP contribution in [0.1, 0.15) is 33.1 Å². The van der Waals surface area contributed by atoms with Crippen molar-refractivity contribution in [2.75, 3.05) is 40.3 Å². The van der Waals surface area contributed by atoms with Crippen molar-refractivity contribution in [2.45, 2.75) is 38.6 Å². The average molecular weight is 258 g/mol. The summed E-state index contributed by atoms with van der Waals surface area (Å²) < 4.78 is 0. The van der Waals surface area contributed by atoms with Crippen LogP contribution in [-0.4, -0.2) is 61.5 Å². The second-order valence-corrected chi connectivity index (χ2v) is 5.48. The van der Waals surface area contributed by atoms with Crippen molar-refractivity contribution in [1.29, 1.82) is 0 Å². The SMILES string of the molecule is CCN(CCCN(C)C)CCCC(C)(N)C(N)=O. The van der Waals surface area contributed by atoms with Gasteiger partial charge in [0, 0.05) is 0 Å². The van der Waals surface area contributed by atoms with Crippen molar-refractivity contribution in [2.24, 2.45) is 11.5 Å². The maximum atomic E-state index is 11.1. The number of amides is 1. The molecule has 0 fully saturated rings. The summed E-state index contributed by atoms with van der Waals surface area (Å²) in [6.07, 6.45) is 2.72. The number of carbonyl (C=O) groups is 1. The highest BCUT2D eigenvalue weighted by molar-refractivity contribution is 5.83. The van der Waals surface area contributed by atoms with Gasteiger partial charge in [0.1, 0.15) is 0 Å². The Morgan fingerprint density at radius 1 is 1.17 bits per heavy atom. The highest BCUT2D eigenvalue weighted by atomic mass is 16.1. The van der Waals surface area contributed by atoms with Crippen LogP contribution < -0.4 is 11.5 Å². The van der Waals surface area contributed by atoms with Crippen molar-refractivity contribution in [3.05, 3.63) is 0 Å². The lowest BCUT2D eigenvalue weighted by molar-refractivity contribution is -0.122. The van der Waals surface area contributed by atoms with Crippen molar-refractivity contribution in [3.63, 3.8) is 0 Å². The number of rotatable bonds is 10. The number of carbonyl (C=O) groups excluding carboxylic acids is 1. The summed E-state index contributed by atoms with van der Waals surface area (Å²) in [7, 11) is 4.17. The zero-order chi connectivity index (χ0) is 14.2. The molecule has 0 aromatic carbocycles. The summed E-state index contributed by atoms with van der Waals surface area (Å²) in [5.41, 5.74) is 10.2. The van der Waals surface area contributed by atoms with Gasteiger partial charge in [-0.25, -0.2) is 0 Å². The molecule has 0 bridgehead atoms. The predicted molar refractivity (Wildman–Crippen MR) is 76.3 cm³/mol. The first kappa shape index (κ1) is 17.4. The van der Waals surface area contributed by atoms with E-state index in [9.17, 15) is 4.79 Å². The van der Waals surface area contributed by atoms with Gasteiger partial charge in [-0.2, -0.15) is 0 Å². The van der Waals surface area contributed by atoms with E-state index in [2.05, 4.69) is 30.8 Å². The zero-order valence-electron chi connectivity index (χ0n) is 12.4. The summed E-state index contributed by atoms with van der Waals surface area (Å²) in [5, 5.41) is 0. The van der Waals surface area contributed by atoms with E-state index in [1.165, 1.54) is 0 Å². The molecule has 1 unspecified atom stereocenters. The summed E-state index contributed by atoms with van der Waals surface area (Å²) >= 11 is 0. The average Bonchev–Trinajstić information content (AvgIpc) is 2.26. The normalized spacial score (nSPS) is 15.1. The van der Waals surface area contributed by atoms with Crippen LogP contribution in [-0.2, 0) is 4.79 Å². The first-order chi connectivity index (χ1) is 8.29. The standard InChI is InChI=1S/C13H30N4O/c1-5-17(11-7-9-16(3)4)10-6-8-13(2,15)12(14)18/h5-11,15H2,1-4H3,(H2,14,18). The molecule has 1 atom stereocenters. The number of nitrogens with two attached hydrogens (primary N) is 2. The molecule has 0 radical (unpaired) electrons. The third kappa shape index (κ3) is 7.63. The van der Waals surface area contributed by atoms with Crippen molar-refractivity contribution in [3.8, 4) is 0 Å². The summed E-state index contributed by atoms with van der Waals surface area (Å²) in [5.74, 6) is -0.418. The number of nitrogens with zero attached hydrogens (tertiary/aromatic N) is 2. The molecule has 0 aliphatic rings. The molecule has 5 nitrogen and oxygen atoms in total. The monoisotopic (exact) mass is 258 g/mol. The Morgan fingerprint density at radius 3 is 2.17 bits per heavy atom. The van der Waals surface area contributed by atoms with Crippen LogP contribution in [0, 0.1) is 0 Å². The molecule has 0 spiro atoms. The molecule has 108 valence electrons. The van der Waals surface area contributed by atoms with Crippen LogP contribution in [0.4, 0.5) is 0 Å². The molecular weight excluding hydrogens is 228 g/mol. The van der Waals surface area contributed by atoms with E-state index in [1.807, 2.05) is 0 Å². The van der Waals surface area contributed by atoms with Gasteiger partial charge in [-0.3, -0.25) is 4.79 Å². The first-order valence-electron chi connectivity index (χ1n) is 6.75. The van der Waals surface area contributed by atoms with Crippen molar-refractivity contribution >= 4 is 5.91 Å². The van der Waals surface area contributed by atoms with Gasteiger partial charge in [0.05, 0.1) is 5.54 Å². The summed E-state index contributed by atoms with van der Waals surface area (Å²) in [4.78, 5) is 15.7. The Labute approximate surface area is 111 Å². The number of hydrogen-bond donors (Lipinski definition) is 2. The minimum Gasteiger partial charge on any atom is -0.368 e. The van der Waals surface area contributed by atoms with E-state index in [1.54, 1.807) is 6.92 Å². The molecule has 0 aromatic heterocycles. The van der Waals surface area contributed by atoms with Crippen molar-refractivity contribution < 1.29 is 4.79 Å². The predicted octanol–water partition coefficient (Wildman–Crippen LogP) is 0.243. The highest BCUT2D eigenvalue weighted by Gasteiger charge is 2.24. The molecule has 1 amide bonds. The van der Waals surface area contributed by atoms with E-state index in [4.69, 9.17) is 11.5 Å². The minimum absolute atomic E-state index is 0.418. The van der Waals surface area contributed by atoms with Gasteiger partial charge in [-0.15, -0.1) is 0 Å². The van der Waals surface area contributed by atoms with Gasteiger partial charge in [0.25, 0.3) is 0 Å². The Kier molecular flexibility index (Phi) is 8.15. The molecule has 0 aliphatic carbocycles. The lowest BCUT2D eigenvalue weighted by Crippen LogP contribution is -2.49. The smallest absolute Gasteiger partial charge is 0.237 e. The third-order valence-electron chi connectivity index (χ3n) is 3.26. The van der Waals surface area contributed by atoms with Gasteiger partial charge in [0.2, 0.25) is 5.91 Å². The Hall–Kier alpha value is -0.650.